The first-order valence-electron chi connectivity index (χ1n) is 5.92. The van der Waals surface area contributed by atoms with Crippen molar-refractivity contribution in [2.45, 2.75) is 6.42 Å². The highest BCUT2D eigenvalue weighted by atomic mass is 35.5. The van der Waals surface area contributed by atoms with E-state index in [-0.39, 0.29) is 18.0 Å². The zero-order valence-electron chi connectivity index (χ0n) is 10.6. The molecule has 0 saturated carbocycles. The van der Waals surface area contributed by atoms with Gasteiger partial charge in [0, 0.05) is 12.5 Å². The summed E-state index contributed by atoms with van der Waals surface area (Å²) < 4.78 is 23.3. The molecule has 1 heterocycles. The van der Waals surface area contributed by atoms with Gasteiger partial charge >= 0.3 is 5.97 Å². The Morgan fingerprint density at radius 3 is 2.95 bits per heavy atom. The van der Waals surface area contributed by atoms with Gasteiger partial charge in [-0.3, -0.25) is 0 Å². The van der Waals surface area contributed by atoms with Crippen molar-refractivity contribution in [3.63, 3.8) is 0 Å². The van der Waals surface area contributed by atoms with Gasteiger partial charge in [-0.05, 0) is 31.2 Å². The number of nitrogens with one attached hydrogen (secondary N) is 1. The van der Waals surface area contributed by atoms with Gasteiger partial charge in [0.1, 0.15) is 17.1 Å². The molecule has 19 heavy (non-hydrogen) atoms. The highest BCUT2D eigenvalue weighted by molar-refractivity contribution is 5.92. The number of rotatable bonds is 4. The number of benzene rings is 1. The van der Waals surface area contributed by atoms with E-state index in [9.17, 15) is 9.18 Å². The van der Waals surface area contributed by atoms with E-state index in [1.807, 2.05) is 0 Å². The smallest absolute Gasteiger partial charge is 0.341 e. The lowest BCUT2D eigenvalue weighted by Gasteiger charge is -2.13. The zero-order valence-corrected chi connectivity index (χ0v) is 11.5. The summed E-state index contributed by atoms with van der Waals surface area (Å²) in [4.78, 5) is 11.5. The van der Waals surface area contributed by atoms with Crippen molar-refractivity contribution in [3.8, 4) is 5.75 Å². The molecule has 1 aliphatic rings. The van der Waals surface area contributed by atoms with Crippen LogP contribution in [0.1, 0.15) is 16.8 Å². The van der Waals surface area contributed by atoms with E-state index in [0.717, 1.165) is 25.6 Å². The monoisotopic (exact) mass is 289 g/mol. The minimum atomic E-state index is -0.589. The van der Waals surface area contributed by atoms with Gasteiger partial charge in [-0.1, -0.05) is 0 Å². The summed E-state index contributed by atoms with van der Waals surface area (Å²) in [5.74, 6) is -0.268. The van der Waals surface area contributed by atoms with Crippen LogP contribution in [0, 0.1) is 11.7 Å². The largest absolute Gasteiger partial charge is 0.492 e. The van der Waals surface area contributed by atoms with Crippen molar-refractivity contribution in [2.75, 3.05) is 26.8 Å². The second-order valence-corrected chi connectivity index (χ2v) is 4.30. The average molecular weight is 290 g/mol. The summed E-state index contributed by atoms with van der Waals surface area (Å²) in [6.07, 6.45) is 1.05. The van der Waals surface area contributed by atoms with Crippen LogP contribution in [-0.4, -0.2) is 32.8 Å². The molecule has 106 valence electrons. The van der Waals surface area contributed by atoms with E-state index < -0.39 is 11.8 Å². The van der Waals surface area contributed by atoms with Crippen LogP contribution >= 0.6 is 12.4 Å². The fourth-order valence-corrected chi connectivity index (χ4v) is 1.96. The maximum atomic E-state index is 13.1. The summed E-state index contributed by atoms with van der Waals surface area (Å²) in [7, 11) is 1.26. The molecule has 1 saturated heterocycles. The molecule has 1 fully saturated rings. The van der Waals surface area contributed by atoms with Crippen LogP contribution in [0.5, 0.6) is 5.75 Å². The lowest BCUT2D eigenvalue weighted by molar-refractivity contribution is 0.0594. The van der Waals surface area contributed by atoms with E-state index in [0.29, 0.717) is 18.3 Å². The van der Waals surface area contributed by atoms with E-state index in [2.05, 4.69) is 10.1 Å². The molecule has 1 N–H and O–H groups in total. The Morgan fingerprint density at radius 2 is 2.32 bits per heavy atom. The first-order chi connectivity index (χ1) is 8.70. The molecule has 1 atom stereocenters. The third-order valence-electron chi connectivity index (χ3n) is 2.98. The van der Waals surface area contributed by atoms with Crippen molar-refractivity contribution in [3.05, 3.63) is 29.6 Å². The van der Waals surface area contributed by atoms with Crippen LogP contribution in [0.4, 0.5) is 4.39 Å². The van der Waals surface area contributed by atoms with Gasteiger partial charge < -0.3 is 14.8 Å². The Bertz CT molecular complexity index is 436. The number of hydrogen-bond acceptors (Lipinski definition) is 4. The molecule has 0 spiro atoms. The van der Waals surface area contributed by atoms with Gasteiger partial charge in [0.2, 0.25) is 0 Å². The molecule has 6 heteroatoms. The molecule has 0 bridgehead atoms. The minimum Gasteiger partial charge on any atom is -0.492 e. The molecule has 1 aliphatic heterocycles. The number of halogens is 2. The molecule has 0 amide bonds. The number of esters is 1. The van der Waals surface area contributed by atoms with Gasteiger partial charge in [-0.2, -0.15) is 0 Å². The number of carbonyl (C=O) groups excluding carboxylic acids is 1. The van der Waals surface area contributed by atoms with Crippen LogP contribution in [0.3, 0.4) is 0 Å². The van der Waals surface area contributed by atoms with Gasteiger partial charge in [-0.15, -0.1) is 12.4 Å². The normalized spacial score (nSPS) is 17.7. The predicted octanol–water partition coefficient (Wildman–Crippen LogP) is 2.02. The Kier molecular flexibility index (Phi) is 6.05. The van der Waals surface area contributed by atoms with Crippen molar-refractivity contribution in [1.82, 2.24) is 5.32 Å². The van der Waals surface area contributed by atoms with Crippen molar-refractivity contribution >= 4 is 18.4 Å². The summed E-state index contributed by atoms with van der Waals surface area (Å²) in [6.45, 7) is 2.42. The summed E-state index contributed by atoms with van der Waals surface area (Å²) in [5.41, 5.74) is 0.128. The van der Waals surface area contributed by atoms with Gasteiger partial charge in [0.25, 0.3) is 0 Å². The van der Waals surface area contributed by atoms with Gasteiger partial charge in [-0.25, -0.2) is 9.18 Å². The van der Waals surface area contributed by atoms with Crippen LogP contribution in [0.2, 0.25) is 0 Å². The first kappa shape index (κ1) is 15.7. The van der Waals surface area contributed by atoms with Crippen molar-refractivity contribution in [1.29, 1.82) is 0 Å². The van der Waals surface area contributed by atoms with E-state index >= 15 is 0 Å². The average Bonchev–Trinajstić information content (AvgIpc) is 2.89. The highest BCUT2D eigenvalue weighted by Crippen LogP contribution is 2.22. The van der Waals surface area contributed by atoms with Crippen LogP contribution in [-0.2, 0) is 4.74 Å². The standard InChI is InChI=1S/C13H16FNO3.ClH/c1-17-13(16)11-6-10(14)2-3-12(11)18-8-9-4-5-15-7-9;/h2-3,6,9,15H,4-5,7-8H2,1H3;1H. The van der Waals surface area contributed by atoms with E-state index in [4.69, 9.17) is 4.74 Å². The third-order valence-corrected chi connectivity index (χ3v) is 2.98. The van der Waals surface area contributed by atoms with Gasteiger partial charge in [0.05, 0.1) is 13.7 Å². The maximum Gasteiger partial charge on any atom is 0.341 e. The quantitative estimate of drug-likeness (QED) is 0.862. The van der Waals surface area contributed by atoms with Crippen LogP contribution < -0.4 is 10.1 Å². The molecule has 2 rings (SSSR count). The molecule has 4 nitrogen and oxygen atoms in total. The number of carbonyl (C=O) groups is 1. The molecule has 0 radical (unpaired) electrons. The molecular weight excluding hydrogens is 273 g/mol. The number of methoxy groups -OCH3 is 1. The Hall–Kier alpha value is -1.33. The van der Waals surface area contributed by atoms with Crippen LogP contribution in [0.15, 0.2) is 18.2 Å². The molecule has 0 aliphatic carbocycles. The number of hydrogen-bond donors (Lipinski definition) is 1. The fourth-order valence-electron chi connectivity index (χ4n) is 1.96. The first-order valence-corrected chi connectivity index (χ1v) is 5.92. The van der Waals surface area contributed by atoms with Crippen LogP contribution in [0.25, 0.3) is 0 Å². The lowest BCUT2D eigenvalue weighted by Crippen LogP contribution is -2.16. The topological polar surface area (TPSA) is 47.6 Å². The Morgan fingerprint density at radius 1 is 1.53 bits per heavy atom. The molecule has 1 aromatic rings. The van der Waals surface area contributed by atoms with Gasteiger partial charge in [0.15, 0.2) is 0 Å². The minimum absolute atomic E-state index is 0. The van der Waals surface area contributed by atoms with E-state index in [1.54, 1.807) is 0 Å². The second-order valence-electron chi connectivity index (χ2n) is 4.30. The molecule has 1 aromatic carbocycles. The zero-order chi connectivity index (χ0) is 13.0. The molecular formula is C13H17ClFNO3. The SMILES string of the molecule is COC(=O)c1cc(F)ccc1OCC1CCNC1.Cl. The predicted molar refractivity (Wildman–Crippen MR) is 71.5 cm³/mol. The summed E-state index contributed by atoms with van der Waals surface area (Å²) >= 11 is 0. The Balaban J connectivity index is 0.00000180. The second kappa shape index (κ2) is 7.31. The molecule has 1 unspecified atom stereocenters. The molecule has 0 aromatic heterocycles. The Labute approximate surface area is 117 Å². The van der Waals surface area contributed by atoms with Crippen molar-refractivity contribution < 1.29 is 18.7 Å². The maximum absolute atomic E-state index is 13.1. The highest BCUT2D eigenvalue weighted by Gasteiger charge is 2.18. The summed E-state index contributed by atoms with van der Waals surface area (Å²) in [5, 5.41) is 3.23. The fraction of sp³-hybridized carbons (Fsp3) is 0.462. The third kappa shape index (κ3) is 4.08. The lowest BCUT2D eigenvalue weighted by atomic mass is 10.1. The van der Waals surface area contributed by atoms with Crippen molar-refractivity contribution in [2.24, 2.45) is 5.92 Å². The summed E-state index contributed by atoms with van der Waals surface area (Å²) in [6, 6.07) is 3.87. The number of ether oxygens (including phenoxy) is 2. The van der Waals surface area contributed by atoms with E-state index in [1.165, 1.54) is 19.2 Å².